The molecular formula is C36H39NO6S. The Hall–Kier alpha value is -3.78. The van der Waals surface area contributed by atoms with E-state index >= 15 is 0 Å². The molecular weight excluding hydrogens is 574 g/mol. The Morgan fingerprint density at radius 2 is 1.75 bits per heavy atom. The summed E-state index contributed by atoms with van der Waals surface area (Å²) in [5, 5.41) is 0.0883. The Morgan fingerprint density at radius 3 is 2.45 bits per heavy atom. The Kier molecular flexibility index (Phi) is 7.03. The molecule has 0 saturated heterocycles. The molecule has 0 radical (unpaired) electrons. The van der Waals surface area contributed by atoms with Gasteiger partial charge in [0.1, 0.15) is 22.4 Å². The Labute approximate surface area is 259 Å². The van der Waals surface area contributed by atoms with Crippen molar-refractivity contribution in [3.8, 4) is 11.5 Å². The number of methoxy groups -OCH3 is 1. The van der Waals surface area contributed by atoms with Crippen molar-refractivity contribution in [3.63, 3.8) is 0 Å². The van der Waals surface area contributed by atoms with Gasteiger partial charge >= 0.3 is 16.1 Å². The van der Waals surface area contributed by atoms with Gasteiger partial charge < -0.3 is 18.2 Å². The predicted molar refractivity (Wildman–Crippen MR) is 170 cm³/mol. The second-order valence-corrected chi connectivity index (χ2v) is 15.1. The van der Waals surface area contributed by atoms with Gasteiger partial charge in [-0.25, -0.2) is 4.79 Å². The van der Waals surface area contributed by atoms with Gasteiger partial charge in [-0.1, -0.05) is 55.7 Å². The topological polar surface area (TPSA) is 83.8 Å². The Morgan fingerprint density at radius 1 is 1.00 bits per heavy atom. The number of hydrogen-bond donors (Lipinski definition) is 0. The molecule has 230 valence electrons. The SMILES string of the molecule is COc1ccc(C2CCCCC2)c2c1cc1n2CC2=C(C(=O)OC(C)(C)C)C2=C2C=CC[C@@H](S(=O)(=O)Oc3ccccc3)C21. The maximum Gasteiger partial charge on any atom is 0.339 e. The van der Waals surface area contributed by atoms with E-state index < -0.39 is 26.9 Å². The van der Waals surface area contributed by atoms with Crippen molar-refractivity contribution < 1.29 is 26.9 Å². The van der Waals surface area contributed by atoms with E-state index in [9.17, 15) is 13.2 Å². The summed E-state index contributed by atoms with van der Waals surface area (Å²) in [5.41, 5.74) is 5.74. The van der Waals surface area contributed by atoms with Crippen LogP contribution in [0, 0.1) is 0 Å². The lowest BCUT2D eigenvalue weighted by molar-refractivity contribution is -0.149. The van der Waals surface area contributed by atoms with Crippen molar-refractivity contribution in [2.75, 3.05) is 7.11 Å². The average Bonchev–Trinajstić information content (AvgIpc) is 3.62. The van der Waals surface area contributed by atoms with Crippen LogP contribution in [0.3, 0.4) is 0 Å². The van der Waals surface area contributed by atoms with Crippen molar-refractivity contribution in [2.45, 2.75) is 88.5 Å². The fourth-order valence-electron chi connectivity index (χ4n) is 7.48. The van der Waals surface area contributed by atoms with Crippen molar-refractivity contribution in [1.29, 1.82) is 0 Å². The van der Waals surface area contributed by atoms with Crippen molar-refractivity contribution in [2.24, 2.45) is 0 Å². The van der Waals surface area contributed by atoms with Crippen LogP contribution in [0.15, 0.2) is 83.0 Å². The van der Waals surface area contributed by atoms with E-state index in [0.717, 1.165) is 51.9 Å². The number of aromatic nitrogens is 1. The second-order valence-electron chi connectivity index (χ2n) is 13.3. The van der Waals surface area contributed by atoms with Crippen LogP contribution < -0.4 is 8.92 Å². The molecule has 44 heavy (non-hydrogen) atoms. The Bertz CT molecular complexity index is 1850. The number of carbonyl (C=O) groups excluding carboxylic acids is 1. The van der Waals surface area contributed by atoms with Gasteiger partial charge in [0.25, 0.3) is 0 Å². The minimum absolute atomic E-state index is 0.284. The molecule has 1 aliphatic heterocycles. The van der Waals surface area contributed by atoms with Gasteiger partial charge in [0.05, 0.1) is 18.2 Å². The summed E-state index contributed by atoms with van der Waals surface area (Å²) >= 11 is 0. The average molecular weight is 614 g/mol. The number of ether oxygens (including phenoxy) is 2. The van der Waals surface area contributed by atoms with Crippen LogP contribution in [-0.2, 0) is 26.2 Å². The number of esters is 1. The largest absolute Gasteiger partial charge is 0.496 e. The number of nitrogens with zero attached hydrogens (tertiary/aromatic N) is 1. The van der Waals surface area contributed by atoms with Crippen LogP contribution in [0.4, 0.5) is 0 Å². The molecule has 7 rings (SSSR count). The summed E-state index contributed by atoms with van der Waals surface area (Å²) in [7, 11) is -2.41. The zero-order valence-corrected chi connectivity index (χ0v) is 26.6. The predicted octanol–water partition coefficient (Wildman–Crippen LogP) is 7.48. The first kappa shape index (κ1) is 29.0. The molecule has 2 atom stereocenters. The van der Waals surface area contributed by atoms with E-state index in [0.29, 0.717) is 24.5 Å². The highest BCUT2D eigenvalue weighted by Crippen LogP contribution is 2.55. The van der Waals surface area contributed by atoms with Gasteiger partial charge in [-0.3, -0.25) is 0 Å². The van der Waals surface area contributed by atoms with E-state index in [4.69, 9.17) is 13.7 Å². The van der Waals surface area contributed by atoms with Crippen molar-refractivity contribution >= 4 is 27.0 Å². The first-order valence-electron chi connectivity index (χ1n) is 15.6. The number of fused-ring (bicyclic) bond motifs is 6. The maximum absolute atomic E-state index is 14.1. The van der Waals surface area contributed by atoms with Gasteiger partial charge in [-0.2, -0.15) is 8.42 Å². The third-order valence-corrected chi connectivity index (χ3v) is 11.0. The lowest BCUT2D eigenvalue weighted by atomic mass is 9.83. The first-order chi connectivity index (χ1) is 21.1. The van der Waals surface area contributed by atoms with Crippen LogP contribution in [0.1, 0.15) is 82.4 Å². The minimum Gasteiger partial charge on any atom is -0.496 e. The number of hydrogen-bond acceptors (Lipinski definition) is 6. The number of rotatable bonds is 6. The van der Waals surface area contributed by atoms with Gasteiger partial charge in [0.15, 0.2) is 0 Å². The monoisotopic (exact) mass is 613 g/mol. The fraction of sp³-hybridized carbons (Fsp3) is 0.417. The number of benzene rings is 2. The molecule has 4 aliphatic rings. The van der Waals surface area contributed by atoms with Crippen LogP contribution in [-0.4, -0.2) is 36.9 Å². The van der Waals surface area contributed by atoms with E-state index in [2.05, 4.69) is 16.7 Å². The molecule has 2 aromatic carbocycles. The molecule has 3 aromatic rings. The first-order valence-corrected chi connectivity index (χ1v) is 17.1. The summed E-state index contributed by atoms with van der Waals surface area (Å²) in [4.78, 5) is 13.5. The van der Waals surface area contributed by atoms with Gasteiger partial charge in [-0.05, 0) is 92.5 Å². The second kappa shape index (κ2) is 10.7. The Balaban J connectivity index is 1.44. The molecule has 7 nitrogen and oxygen atoms in total. The molecule has 0 spiro atoms. The summed E-state index contributed by atoms with van der Waals surface area (Å²) in [6.45, 7) is 6.05. The molecule has 1 aromatic heterocycles. The quantitative estimate of drug-likeness (QED) is 0.212. The highest BCUT2D eigenvalue weighted by molar-refractivity contribution is 7.87. The molecule has 2 heterocycles. The van der Waals surface area contributed by atoms with E-state index in [1.807, 2.05) is 45.1 Å². The van der Waals surface area contributed by atoms with Gasteiger partial charge in [-0.15, -0.1) is 0 Å². The number of allylic oxidation sites excluding steroid dienone is 4. The lowest BCUT2D eigenvalue weighted by Crippen LogP contribution is -2.35. The van der Waals surface area contributed by atoms with Crippen LogP contribution >= 0.6 is 0 Å². The fourth-order valence-corrected chi connectivity index (χ4v) is 8.95. The van der Waals surface area contributed by atoms with Gasteiger partial charge in [0.2, 0.25) is 0 Å². The zero-order chi connectivity index (χ0) is 30.8. The van der Waals surface area contributed by atoms with E-state index in [-0.39, 0.29) is 11.7 Å². The molecule has 0 amide bonds. The molecule has 3 aliphatic carbocycles. The van der Waals surface area contributed by atoms with E-state index in [1.165, 1.54) is 24.8 Å². The highest BCUT2D eigenvalue weighted by atomic mass is 32.2. The molecule has 0 bridgehead atoms. The number of carbonyl (C=O) groups is 1. The number of para-hydroxylation sites is 1. The lowest BCUT2D eigenvalue weighted by Gasteiger charge is -2.30. The highest BCUT2D eigenvalue weighted by Gasteiger charge is 2.49. The molecule has 1 unspecified atom stereocenters. The third kappa shape index (κ3) is 4.97. The van der Waals surface area contributed by atoms with Crippen molar-refractivity contribution in [3.05, 3.63) is 94.2 Å². The molecule has 1 saturated carbocycles. The summed E-state index contributed by atoms with van der Waals surface area (Å²) in [6, 6.07) is 15.0. The third-order valence-electron chi connectivity index (χ3n) is 9.36. The van der Waals surface area contributed by atoms with Crippen LogP contribution in [0.2, 0.25) is 0 Å². The smallest absolute Gasteiger partial charge is 0.339 e. The van der Waals surface area contributed by atoms with Gasteiger partial charge in [0, 0.05) is 23.5 Å². The molecule has 8 heteroatoms. The summed E-state index contributed by atoms with van der Waals surface area (Å²) in [5.74, 6) is 0.549. The molecule has 1 fully saturated rings. The van der Waals surface area contributed by atoms with Crippen molar-refractivity contribution in [1.82, 2.24) is 4.57 Å². The normalized spacial score (nSPS) is 21.8. The molecule has 0 N–H and O–H groups in total. The van der Waals surface area contributed by atoms with Crippen LogP contribution in [0.5, 0.6) is 11.5 Å². The zero-order valence-electron chi connectivity index (χ0n) is 25.8. The minimum atomic E-state index is -4.09. The van der Waals surface area contributed by atoms with E-state index in [1.54, 1.807) is 31.4 Å². The maximum atomic E-state index is 14.1. The standard InChI is InChI=1S/C36H39NO6S/c1-36(2,3)42-35(38)33-27-21-37-28(20-26-29(41-4)19-18-24(34(26)37)22-12-7-5-8-13-22)32-25(31(27)33)16-11-17-30(32)44(39,40)43-23-14-9-6-10-15-23/h6,9-11,14-16,18-20,22,30,32H,5,7-8,12-13,17,21H2,1-4H3/t30-,32?/m1/s1. The summed E-state index contributed by atoms with van der Waals surface area (Å²) in [6.07, 6.45) is 10.1. The van der Waals surface area contributed by atoms with Crippen LogP contribution in [0.25, 0.3) is 10.9 Å². The summed E-state index contributed by atoms with van der Waals surface area (Å²) < 4.78 is 47.9.